The van der Waals surface area contributed by atoms with Gasteiger partial charge in [0.1, 0.15) is 0 Å². The molecule has 144 valence electrons. The minimum absolute atomic E-state index is 0.0156. The lowest BCUT2D eigenvalue weighted by Crippen LogP contribution is -2.47. The third-order valence-electron chi connectivity index (χ3n) is 4.59. The van der Waals surface area contributed by atoms with Gasteiger partial charge in [-0.05, 0) is 38.0 Å². The molecule has 27 heavy (non-hydrogen) atoms. The van der Waals surface area contributed by atoms with Gasteiger partial charge in [-0.1, -0.05) is 19.3 Å². The molecule has 0 saturated heterocycles. The molecule has 3 rings (SSSR count). The molecule has 1 heterocycles. The predicted octanol–water partition coefficient (Wildman–Crippen LogP) is 4.33. The molecule has 1 unspecified atom stereocenters. The molecule has 1 amide bonds. The normalized spacial score (nSPS) is 16.0. The molecule has 1 atom stereocenters. The number of halogens is 2. The summed E-state index contributed by atoms with van der Waals surface area (Å²) >= 11 is 1.35. The zero-order valence-corrected chi connectivity index (χ0v) is 15.7. The van der Waals surface area contributed by atoms with Gasteiger partial charge < -0.3 is 4.74 Å². The number of hydrogen-bond acceptors (Lipinski definition) is 5. The van der Waals surface area contributed by atoms with Gasteiger partial charge in [0.25, 0.3) is 5.91 Å². The van der Waals surface area contributed by atoms with Gasteiger partial charge in [0.05, 0.1) is 5.56 Å². The molecule has 1 aliphatic carbocycles. The standard InChI is InChI=1S/C19H20F2N2O3S/c1-12(26-18(25)13-7-8-15(20)16(21)11-13)17(24)23(19-22-9-10-27-19)14-5-3-2-4-6-14/h7-12,14H,2-6H2,1H3. The van der Waals surface area contributed by atoms with E-state index in [0.29, 0.717) is 5.13 Å². The van der Waals surface area contributed by atoms with E-state index < -0.39 is 23.7 Å². The van der Waals surface area contributed by atoms with E-state index in [1.165, 1.54) is 18.3 Å². The molecule has 1 saturated carbocycles. The van der Waals surface area contributed by atoms with E-state index in [1.54, 1.807) is 16.5 Å². The molecular weight excluding hydrogens is 374 g/mol. The minimum atomic E-state index is -1.14. The first kappa shape index (κ1) is 19.4. The van der Waals surface area contributed by atoms with Crippen LogP contribution in [-0.4, -0.2) is 29.0 Å². The molecule has 1 aromatic carbocycles. The largest absolute Gasteiger partial charge is 0.449 e. The Balaban J connectivity index is 1.74. The average molecular weight is 394 g/mol. The second kappa shape index (κ2) is 8.56. The van der Waals surface area contributed by atoms with Crippen LogP contribution in [-0.2, 0) is 9.53 Å². The van der Waals surface area contributed by atoms with E-state index in [2.05, 4.69) is 4.98 Å². The second-order valence-corrected chi connectivity index (χ2v) is 7.36. The van der Waals surface area contributed by atoms with Crippen molar-refractivity contribution in [3.05, 3.63) is 47.0 Å². The number of hydrogen-bond donors (Lipinski definition) is 0. The summed E-state index contributed by atoms with van der Waals surface area (Å²) in [6.07, 6.45) is 5.49. The van der Waals surface area contributed by atoms with Crippen molar-refractivity contribution in [3.63, 3.8) is 0 Å². The number of nitrogens with zero attached hydrogens (tertiary/aromatic N) is 2. The summed E-state index contributed by atoms with van der Waals surface area (Å²) in [5.74, 6) is -3.44. The lowest BCUT2D eigenvalue weighted by atomic mass is 9.94. The molecule has 5 nitrogen and oxygen atoms in total. The molecule has 1 aliphatic rings. The van der Waals surface area contributed by atoms with Crippen LogP contribution in [0.2, 0.25) is 0 Å². The van der Waals surface area contributed by atoms with E-state index in [4.69, 9.17) is 4.74 Å². The Morgan fingerprint density at radius 3 is 2.59 bits per heavy atom. The van der Waals surface area contributed by atoms with Gasteiger partial charge in [-0.25, -0.2) is 18.6 Å². The number of amides is 1. The van der Waals surface area contributed by atoms with Gasteiger partial charge in [-0.15, -0.1) is 11.3 Å². The van der Waals surface area contributed by atoms with E-state index in [9.17, 15) is 18.4 Å². The van der Waals surface area contributed by atoms with E-state index >= 15 is 0 Å². The molecule has 2 aromatic rings. The Bertz CT molecular complexity index is 807. The SMILES string of the molecule is CC(OC(=O)c1ccc(F)c(F)c1)C(=O)N(c1nccs1)C1CCCCC1. The third-order valence-corrected chi connectivity index (χ3v) is 5.36. The lowest BCUT2D eigenvalue weighted by molar-refractivity contribution is -0.127. The monoisotopic (exact) mass is 394 g/mol. The number of anilines is 1. The summed E-state index contributed by atoms with van der Waals surface area (Å²) in [6, 6.07) is 2.75. The Hall–Kier alpha value is -2.35. The summed E-state index contributed by atoms with van der Waals surface area (Å²) in [6.45, 7) is 1.48. The zero-order valence-electron chi connectivity index (χ0n) is 14.9. The van der Waals surface area contributed by atoms with Crippen molar-refractivity contribution in [2.45, 2.75) is 51.2 Å². The number of carbonyl (C=O) groups is 2. The van der Waals surface area contributed by atoms with Crippen molar-refractivity contribution in [1.29, 1.82) is 0 Å². The maximum Gasteiger partial charge on any atom is 0.339 e. The summed E-state index contributed by atoms with van der Waals surface area (Å²) in [4.78, 5) is 31.1. The van der Waals surface area contributed by atoms with Crippen molar-refractivity contribution >= 4 is 28.3 Å². The summed E-state index contributed by atoms with van der Waals surface area (Å²) < 4.78 is 31.6. The number of thiazole rings is 1. The van der Waals surface area contributed by atoms with Crippen molar-refractivity contribution in [2.75, 3.05) is 4.90 Å². The fourth-order valence-electron chi connectivity index (χ4n) is 3.20. The summed E-state index contributed by atoms with van der Waals surface area (Å²) in [7, 11) is 0. The van der Waals surface area contributed by atoms with E-state index in [1.807, 2.05) is 0 Å². The smallest absolute Gasteiger partial charge is 0.339 e. The van der Waals surface area contributed by atoms with Crippen molar-refractivity contribution in [3.8, 4) is 0 Å². The van der Waals surface area contributed by atoms with Crippen LogP contribution < -0.4 is 4.90 Å². The fraction of sp³-hybridized carbons (Fsp3) is 0.421. The Morgan fingerprint density at radius 1 is 1.22 bits per heavy atom. The second-order valence-electron chi connectivity index (χ2n) is 6.49. The highest BCUT2D eigenvalue weighted by Crippen LogP contribution is 2.29. The molecule has 1 fully saturated rings. The molecule has 0 bridgehead atoms. The van der Waals surface area contributed by atoms with Crippen molar-refractivity contribution in [2.24, 2.45) is 0 Å². The van der Waals surface area contributed by atoms with Gasteiger partial charge in [0, 0.05) is 17.6 Å². The number of aromatic nitrogens is 1. The Morgan fingerprint density at radius 2 is 1.96 bits per heavy atom. The van der Waals surface area contributed by atoms with Crippen LogP contribution >= 0.6 is 11.3 Å². The highest BCUT2D eigenvalue weighted by Gasteiger charge is 2.33. The topological polar surface area (TPSA) is 59.5 Å². The quantitative estimate of drug-likeness (QED) is 0.708. The van der Waals surface area contributed by atoms with Crippen LogP contribution in [0.3, 0.4) is 0 Å². The predicted molar refractivity (Wildman–Crippen MR) is 97.7 cm³/mol. The lowest BCUT2D eigenvalue weighted by Gasteiger charge is -2.33. The van der Waals surface area contributed by atoms with Crippen LogP contribution in [0.5, 0.6) is 0 Å². The van der Waals surface area contributed by atoms with Gasteiger partial charge in [-0.2, -0.15) is 0 Å². The molecule has 0 aliphatic heterocycles. The number of esters is 1. The van der Waals surface area contributed by atoms with E-state index in [-0.39, 0.29) is 17.5 Å². The van der Waals surface area contributed by atoms with Gasteiger partial charge in [-0.3, -0.25) is 9.69 Å². The zero-order chi connectivity index (χ0) is 19.4. The van der Waals surface area contributed by atoms with Crippen LogP contribution in [0.4, 0.5) is 13.9 Å². The van der Waals surface area contributed by atoms with Crippen LogP contribution in [0.1, 0.15) is 49.4 Å². The molecule has 8 heteroatoms. The molecule has 1 aromatic heterocycles. The number of carbonyl (C=O) groups excluding carboxylic acids is 2. The summed E-state index contributed by atoms with van der Waals surface area (Å²) in [5, 5.41) is 2.36. The average Bonchev–Trinajstić information content (AvgIpc) is 3.19. The van der Waals surface area contributed by atoms with Crippen LogP contribution in [0, 0.1) is 11.6 Å². The van der Waals surface area contributed by atoms with E-state index in [0.717, 1.165) is 50.3 Å². The summed E-state index contributed by atoms with van der Waals surface area (Å²) in [5.41, 5.74) is -0.146. The number of ether oxygens (including phenoxy) is 1. The van der Waals surface area contributed by atoms with Gasteiger partial charge in [0.2, 0.25) is 0 Å². The Kier molecular flexibility index (Phi) is 6.15. The highest BCUT2D eigenvalue weighted by atomic mass is 32.1. The number of rotatable bonds is 5. The highest BCUT2D eigenvalue weighted by molar-refractivity contribution is 7.13. The maximum atomic E-state index is 13.3. The Labute approximate surface area is 160 Å². The molecular formula is C19H20F2N2O3S. The first-order chi connectivity index (χ1) is 13.0. The van der Waals surface area contributed by atoms with Gasteiger partial charge >= 0.3 is 5.97 Å². The van der Waals surface area contributed by atoms with Crippen LogP contribution in [0.15, 0.2) is 29.8 Å². The minimum Gasteiger partial charge on any atom is -0.449 e. The van der Waals surface area contributed by atoms with Crippen molar-refractivity contribution < 1.29 is 23.1 Å². The third kappa shape index (κ3) is 4.50. The van der Waals surface area contributed by atoms with Crippen LogP contribution in [0.25, 0.3) is 0 Å². The van der Waals surface area contributed by atoms with Crippen molar-refractivity contribution in [1.82, 2.24) is 4.98 Å². The van der Waals surface area contributed by atoms with Gasteiger partial charge in [0.15, 0.2) is 22.9 Å². The first-order valence-corrected chi connectivity index (χ1v) is 9.74. The fourth-order valence-corrected chi connectivity index (χ4v) is 3.92. The molecule has 0 spiro atoms. The first-order valence-electron chi connectivity index (χ1n) is 8.86. The molecule has 0 radical (unpaired) electrons. The molecule has 0 N–H and O–H groups in total. The number of benzene rings is 1. The maximum absolute atomic E-state index is 13.3.